The fraction of sp³-hybridized carbons (Fsp3) is 0.684. The number of carbonyl (C=O) groups is 2. The standard InChI is InChI=1S/C19H31N3O3/c1-11(2)15-8-22(10-18(23)20-6)9-16(15)21-19(24)14-7-17(12(3)4)25-13(14)5/h7,11-12,15-16H,8-10H2,1-6H3,(H,20,23)(H,21,24)/t15-,16+/m1/s1. The number of furan rings is 1. The maximum absolute atomic E-state index is 12.7. The van der Waals surface area contributed by atoms with Crippen LogP contribution in [0.3, 0.4) is 0 Å². The lowest BCUT2D eigenvalue weighted by Gasteiger charge is -2.22. The van der Waals surface area contributed by atoms with E-state index in [4.69, 9.17) is 4.42 Å². The number of likely N-dealkylation sites (N-methyl/N-ethyl adjacent to an activating group) is 1. The molecule has 6 heteroatoms. The highest BCUT2D eigenvalue weighted by Crippen LogP contribution is 2.26. The molecule has 6 nitrogen and oxygen atoms in total. The Morgan fingerprint density at radius 3 is 2.48 bits per heavy atom. The maximum Gasteiger partial charge on any atom is 0.255 e. The molecule has 1 aromatic heterocycles. The number of hydrogen-bond acceptors (Lipinski definition) is 4. The smallest absolute Gasteiger partial charge is 0.255 e. The van der Waals surface area contributed by atoms with Gasteiger partial charge in [0.2, 0.25) is 5.91 Å². The fourth-order valence-corrected chi connectivity index (χ4v) is 3.41. The van der Waals surface area contributed by atoms with Crippen LogP contribution in [0.5, 0.6) is 0 Å². The average Bonchev–Trinajstić information content (AvgIpc) is 3.11. The largest absolute Gasteiger partial charge is 0.465 e. The monoisotopic (exact) mass is 349 g/mol. The quantitative estimate of drug-likeness (QED) is 0.825. The van der Waals surface area contributed by atoms with Gasteiger partial charge in [-0.1, -0.05) is 27.7 Å². The third-order valence-corrected chi connectivity index (χ3v) is 5.01. The van der Waals surface area contributed by atoms with E-state index < -0.39 is 0 Å². The van der Waals surface area contributed by atoms with Crippen molar-refractivity contribution in [2.45, 2.75) is 46.6 Å². The molecule has 1 aliphatic rings. The van der Waals surface area contributed by atoms with Gasteiger partial charge in [-0.15, -0.1) is 0 Å². The summed E-state index contributed by atoms with van der Waals surface area (Å²) < 4.78 is 5.70. The lowest BCUT2D eigenvalue weighted by atomic mass is 9.91. The summed E-state index contributed by atoms with van der Waals surface area (Å²) in [7, 11) is 1.64. The number of amides is 2. The van der Waals surface area contributed by atoms with Crippen LogP contribution in [0.4, 0.5) is 0 Å². The summed E-state index contributed by atoms with van der Waals surface area (Å²) in [5, 5.41) is 5.83. The molecule has 2 heterocycles. The first-order chi connectivity index (χ1) is 11.7. The summed E-state index contributed by atoms with van der Waals surface area (Å²) in [6.07, 6.45) is 0. The SMILES string of the molecule is CNC(=O)CN1C[C@H](NC(=O)c2cc(C(C)C)oc2C)[C@@H](C(C)C)C1. The number of carbonyl (C=O) groups excluding carboxylic acids is 2. The van der Waals surface area contributed by atoms with Crippen molar-refractivity contribution in [3.63, 3.8) is 0 Å². The third-order valence-electron chi connectivity index (χ3n) is 5.01. The molecule has 1 fully saturated rings. The molecule has 2 N–H and O–H groups in total. The van der Waals surface area contributed by atoms with Crippen molar-refractivity contribution in [3.8, 4) is 0 Å². The van der Waals surface area contributed by atoms with Crippen molar-refractivity contribution < 1.29 is 14.0 Å². The Morgan fingerprint density at radius 2 is 1.96 bits per heavy atom. The van der Waals surface area contributed by atoms with E-state index in [1.165, 1.54) is 0 Å². The summed E-state index contributed by atoms with van der Waals surface area (Å²) in [4.78, 5) is 26.5. The van der Waals surface area contributed by atoms with E-state index in [-0.39, 0.29) is 23.8 Å². The number of nitrogens with zero attached hydrogens (tertiary/aromatic N) is 1. The van der Waals surface area contributed by atoms with E-state index in [1.807, 2.05) is 26.8 Å². The summed E-state index contributed by atoms with van der Waals surface area (Å²) in [5.41, 5.74) is 0.607. The fourth-order valence-electron chi connectivity index (χ4n) is 3.41. The number of hydrogen-bond donors (Lipinski definition) is 2. The van der Waals surface area contributed by atoms with Crippen molar-refractivity contribution in [1.29, 1.82) is 0 Å². The first-order valence-electron chi connectivity index (χ1n) is 9.07. The maximum atomic E-state index is 12.7. The van der Waals surface area contributed by atoms with Gasteiger partial charge in [0.1, 0.15) is 11.5 Å². The first-order valence-corrected chi connectivity index (χ1v) is 9.07. The second-order valence-electron chi connectivity index (χ2n) is 7.63. The van der Waals surface area contributed by atoms with Crippen LogP contribution in [-0.2, 0) is 4.79 Å². The molecule has 1 saturated heterocycles. The van der Waals surface area contributed by atoms with E-state index in [1.54, 1.807) is 7.05 Å². The number of rotatable bonds is 6. The van der Waals surface area contributed by atoms with Crippen LogP contribution in [0.15, 0.2) is 10.5 Å². The Kier molecular flexibility index (Phi) is 6.27. The normalized spacial score (nSPS) is 21.1. The molecule has 1 aromatic rings. The minimum absolute atomic E-state index is 0.00161. The molecular formula is C19H31N3O3. The highest BCUT2D eigenvalue weighted by atomic mass is 16.3. The minimum atomic E-state index is -0.0920. The summed E-state index contributed by atoms with van der Waals surface area (Å²) in [6, 6.07) is 1.88. The van der Waals surface area contributed by atoms with E-state index in [9.17, 15) is 9.59 Å². The molecular weight excluding hydrogens is 318 g/mol. The Hall–Kier alpha value is -1.82. The van der Waals surface area contributed by atoms with Gasteiger partial charge in [-0.3, -0.25) is 14.5 Å². The Bertz CT molecular complexity index is 621. The number of likely N-dealkylation sites (tertiary alicyclic amines) is 1. The summed E-state index contributed by atoms with van der Waals surface area (Å²) in [6.45, 7) is 12.1. The van der Waals surface area contributed by atoms with Crippen LogP contribution in [-0.4, -0.2) is 49.4 Å². The zero-order chi connectivity index (χ0) is 18.7. The molecule has 2 atom stereocenters. The molecule has 0 bridgehead atoms. The van der Waals surface area contributed by atoms with E-state index in [2.05, 4.69) is 29.4 Å². The molecule has 0 saturated carbocycles. The van der Waals surface area contributed by atoms with Gasteiger partial charge in [0, 0.05) is 32.1 Å². The predicted octanol–water partition coefficient (Wildman–Crippen LogP) is 2.14. The van der Waals surface area contributed by atoms with E-state index >= 15 is 0 Å². The van der Waals surface area contributed by atoms with Gasteiger partial charge in [0.05, 0.1) is 12.1 Å². The van der Waals surface area contributed by atoms with Gasteiger partial charge in [-0.05, 0) is 24.8 Å². The molecule has 0 spiro atoms. The van der Waals surface area contributed by atoms with Crippen molar-refractivity contribution >= 4 is 11.8 Å². The van der Waals surface area contributed by atoms with Gasteiger partial charge in [-0.25, -0.2) is 0 Å². The van der Waals surface area contributed by atoms with Crippen LogP contribution in [0.25, 0.3) is 0 Å². The summed E-state index contributed by atoms with van der Waals surface area (Å²) in [5.74, 6) is 2.39. The number of nitrogens with one attached hydrogen (secondary N) is 2. The van der Waals surface area contributed by atoms with Gasteiger partial charge in [-0.2, -0.15) is 0 Å². The Balaban J connectivity index is 2.08. The Labute approximate surface area is 150 Å². The summed E-state index contributed by atoms with van der Waals surface area (Å²) >= 11 is 0. The second kappa shape index (κ2) is 8.04. The van der Waals surface area contributed by atoms with E-state index in [0.29, 0.717) is 36.2 Å². The lowest BCUT2D eigenvalue weighted by Crippen LogP contribution is -2.42. The molecule has 0 aromatic carbocycles. The lowest BCUT2D eigenvalue weighted by molar-refractivity contribution is -0.121. The zero-order valence-electron chi connectivity index (χ0n) is 16.2. The van der Waals surface area contributed by atoms with Crippen LogP contribution >= 0.6 is 0 Å². The highest BCUT2D eigenvalue weighted by molar-refractivity contribution is 5.95. The Morgan fingerprint density at radius 1 is 1.28 bits per heavy atom. The third kappa shape index (κ3) is 4.63. The molecule has 0 unspecified atom stereocenters. The van der Waals surface area contributed by atoms with E-state index in [0.717, 1.165) is 12.3 Å². The van der Waals surface area contributed by atoms with Gasteiger partial charge in [0.25, 0.3) is 5.91 Å². The first kappa shape index (κ1) is 19.5. The molecule has 0 aliphatic carbocycles. The van der Waals surface area contributed by atoms with Gasteiger partial charge < -0.3 is 15.1 Å². The van der Waals surface area contributed by atoms with Crippen molar-refractivity contribution in [2.24, 2.45) is 11.8 Å². The molecule has 140 valence electrons. The van der Waals surface area contributed by atoms with Crippen molar-refractivity contribution in [3.05, 3.63) is 23.2 Å². The molecule has 1 aliphatic heterocycles. The average molecular weight is 349 g/mol. The number of aryl methyl sites for hydroxylation is 1. The molecule has 25 heavy (non-hydrogen) atoms. The minimum Gasteiger partial charge on any atom is -0.465 e. The van der Waals surface area contributed by atoms with Crippen LogP contribution in [0.2, 0.25) is 0 Å². The highest BCUT2D eigenvalue weighted by Gasteiger charge is 2.36. The molecule has 2 rings (SSSR count). The predicted molar refractivity (Wildman–Crippen MR) is 97.6 cm³/mol. The molecule has 2 amide bonds. The van der Waals surface area contributed by atoms with Crippen molar-refractivity contribution in [2.75, 3.05) is 26.7 Å². The van der Waals surface area contributed by atoms with Crippen LogP contribution < -0.4 is 10.6 Å². The topological polar surface area (TPSA) is 74.6 Å². The van der Waals surface area contributed by atoms with Gasteiger partial charge >= 0.3 is 0 Å². The van der Waals surface area contributed by atoms with Gasteiger partial charge in [0.15, 0.2) is 0 Å². The van der Waals surface area contributed by atoms with Crippen LogP contribution in [0.1, 0.15) is 55.5 Å². The second-order valence-corrected chi connectivity index (χ2v) is 7.63. The van der Waals surface area contributed by atoms with Crippen LogP contribution in [0, 0.1) is 18.8 Å². The zero-order valence-corrected chi connectivity index (χ0v) is 16.2. The van der Waals surface area contributed by atoms with Crippen molar-refractivity contribution in [1.82, 2.24) is 15.5 Å². The molecule has 0 radical (unpaired) electrons.